The number of rotatable bonds is 4. The maximum Gasteiger partial charge on any atom is 0.118 e. The molecular formula is C17H18O. The fourth-order valence-electron chi connectivity index (χ4n) is 2.00. The van der Waals surface area contributed by atoms with Gasteiger partial charge in [0.25, 0.3) is 0 Å². The van der Waals surface area contributed by atoms with Crippen LogP contribution < -0.4 is 4.74 Å². The van der Waals surface area contributed by atoms with Crippen molar-refractivity contribution in [3.05, 3.63) is 72.3 Å². The summed E-state index contributed by atoms with van der Waals surface area (Å²) in [6.45, 7) is 6.39. The molecule has 0 spiro atoms. The van der Waals surface area contributed by atoms with Crippen molar-refractivity contribution in [2.24, 2.45) is 0 Å². The van der Waals surface area contributed by atoms with Gasteiger partial charge < -0.3 is 4.74 Å². The predicted molar refractivity (Wildman–Crippen MR) is 76.9 cm³/mol. The molecule has 0 amide bonds. The molecule has 0 N–H and O–H groups in total. The molecule has 0 aliphatic heterocycles. The average molecular weight is 238 g/mol. The molecule has 0 aliphatic rings. The van der Waals surface area contributed by atoms with Gasteiger partial charge in [0, 0.05) is 5.92 Å². The first kappa shape index (κ1) is 12.4. The van der Waals surface area contributed by atoms with Gasteiger partial charge in [-0.1, -0.05) is 56.0 Å². The molecule has 1 nitrogen and oxygen atoms in total. The molecule has 2 rings (SSSR count). The molecule has 2 aromatic rings. The first-order chi connectivity index (χ1) is 8.72. The lowest BCUT2D eigenvalue weighted by molar-refractivity contribution is 0.414. The lowest BCUT2D eigenvalue weighted by Gasteiger charge is -2.16. The van der Waals surface area contributed by atoms with E-state index in [1.807, 2.05) is 30.3 Å². The van der Waals surface area contributed by atoms with E-state index in [9.17, 15) is 0 Å². The summed E-state index contributed by atoms with van der Waals surface area (Å²) in [6.07, 6.45) is 0. The minimum atomic E-state index is 0.304. The van der Waals surface area contributed by atoms with E-state index in [1.165, 1.54) is 11.1 Å². The SMILES string of the molecule is C=C(c1ccccc1)[C@H](C)c1ccc(OC)cc1. The summed E-state index contributed by atoms with van der Waals surface area (Å²) in [6, 6.07) is 18.5. The molecule has 18 heavy (non-hydrogen) atoms. The summed E-state index contributed by atoms with van der Waals surface area (Å²) in [5.41, 5.74) is 3.59. The molecule has 92 valence electrons. The Morgan fingerprint density at radius 3 is 2.17 bits per heavy atom. The molecule has 0 bridgehead atoms. The van der Waals surface area contributed by atoms with Gasteiger partial charge in [-0.2, -0.15) is 0 Å². The molecule has 2 aromatic carbocycles. The minimum absolute atomic E-state index is 0.304. The number of allylic oxidation sites excluding steroid dienone is 1. The Hall–Kier alpha value is -2.02. The zero-order chi connectivity index (χ0) is 13.0. The third-order valence-electron chi connectivity index (χ3n) is 3.28. The van der Waals surface area contributed by atoms with Crippen molar-refractivity contribution >= 4 is 5.57 Å². The van der Waals surface area contributed by atoms with Crippen molar-refractivity contribution in [2.75, 3.05) is 7.11 Å². The van der Waals surface area contributed by atoms with E-state index in [4.69, 9.17) is 4.74 Å². The van der Waals surface area contributed by atoms with Gasteiger partial charge in [0.1, 0.15) is 5.75 Å². The molecule has 0 heterocycles. The summed E-state index contributed by atoms with van der Waals surface area (Å²) >= 11 is 0. The van der Waals surface area contributed by atoms with Crippen LogP contribution in [0.1, 0.15) is 24.0 Å². The molecule has 0 radical (unpaired) electrons. The highest BCUT2D eigenvalue weighted by Crippen LogP contribution is 2.30. The fourth-order valence-corrected chi connectivity index (χ4v) is 2.00. The average Bonchev–Trinajstić information content (AvgIpc) is 2.47. The standard InChI is InChI=1S/C17H18O/c1-13(15-7-5-4-6-8-15)14(2)16-9-11-17(18-3)12-10-16/h4-12,14H,1H2,2-3H3/t14-/m0/s1. The normalized spacial score (nSPS) is 11.9. The topological polar surface area (TPSA) is 9.23 Å². The quantitative estimate of drug-likeness (QED) is 0.761. The van der Waals surface area contributed by atoms with Gasteiger partial charge in [0.05, 0.1) is 7.11 Å². The number of hydrogen-bond acceptors (Lipinski definition) is 1. The molecule has 0 aromatic heterocycles. The molecule has 1 heteroatoms. The van der Waals surface area contributed by atoms with Crippen LogP contribution in [0.25, 0.3) is 5.57 Å². The Morgan fingerprint density at radius 1 is 1.00 bits per heavy atom. The number of benzene rings is 2. The fraction of sp³-hybridized carbons (Fsp3) is 0.176. The van der Waals surface area contributed by atoms with E-state index in [0.717, 1.165) is 11.3 Å². The van der Waals surface area contributed by atoms with Crippen molar-refractivity contribution in [2.45, 2.75) is 12.8 Å². The highest BCUT2D eigenvalue weighted by Gasteiger charge is 2.10. The number of hydrogen-bond donors (Lipinski definition) is 0. The first-order valence-corrected chi connectivity index (χ1v) is 6.10. The second-order valence-corrected chi connectivity index (χ2v) is 4.39. The number of ether oxygens (including phenoxy) is 1. The Balaban J connectivity index is 2.20. The van der Waals surface area contributed by atoms with Crippen LogP contribution in [0.15, 0.2) is 61.2 Å². The largest absolute Gasteiger partial charge is 0.497 e. The monoisotopic (exact) mass is 238 g/mol. The minimum Gasteiger partial charge on any atom is -0.497 e. The van der Waals surface area contributed by atoms with Crippen LogP contribution in [0.5, 0.6) is 5.75 Å². The third kappa shape index (κ3) is 2.62. The summed E-state index contributed by atoms with van der Waals surface area (Å²) in [5, 5.41) is 0. The van der Waals surface area contributed by atoms with Crippen molar-refractivity contribution in [3.8, 4) is 5.75 Å². The summed E-state index contributed by atoms with van der Waals surface area (Å²) in [5.74, 6) is 1.19. The second-order valence-electron chi connectivity index (χ2n) is 4.39. The van der Waals surface area contributed by atoms with Gasteiger partial charge in [0.2, 0.25) is 0 Å². The van der Waals surface area contributed by atoms with Crippen LogP contribution in [-0.2, 0) is 0 Å². The van der Waals surface area contributed by atoms with Crippen LogP contribution in [0, 0.1) is 0 Å². The maximum absolute atomic E-state index is 5.17. The zero-order valence-electron chi connectivity index (χ0n) is 10.9. The molecule has 1 atom stereocenters. The van der Waals surface area contributed by atoms with E-state index in [0.29, 0.717) is 5.92 Å². The summed E-state index contributed by atoms with van der Waals surface area (Å²) in [7, 11) is 1.68. The van der Waals surface area contributed by atoms with Crippen molar-refractivity contribution in [1.29, 1.82) is 0 Å². The van der Waals surface area contributed by atoms with Crippen LogP contribution in [0.4, 0.5) is 0 Å². The Morgan fingerprint density at radius 2 is 1.61 bits per heavy atom. The van der Waals surface area contributed by atoms with Crippen molar-refractivity contribution in [3.63, 3.8) is 0 Å². The highest BCUT2D eigenvalue weighted by molar-refractivity contribution is 5.69. The number of methoxy groups -OCH3 is 1. The molecule has 0 saturated heterocycles. The van der Waals surface area contributed by atoms with Gasteiger partial charge in [-0.25, -0.2) is 0 Å². The van der Waals surface area contributed by atoms with Crippen molar-refractivity contribution < 1.29 is 4.74 Å². The van der Waals surface area contributed by atoms with E-state index in [2.05, 4.69) is 37.8 Å². The molecular weight excluding hydrogens is 220 g/mol. The van der Waals surface area contributed by atoms with Gasteiger partial charge in [0.15, 0.2) is 0 Å². The van der Waals surface area contributed by atoms with Crippen LogP contribution >= 0.6 is 0 Å². The third-order valence-corrected chi connectivity index (χ3v) is 3.28. The summed E-state index contributed by atoms with van der Waals surface area (Å²) < 4.78 is 5.17. The molecule has 0 aliphatic carbocycles. The van der Waals surface area contributed by atoms with Crippen LogP contribution in [0.3, 0.4) is 0 Å². The van der Waals surface area contributed by atoms with Gasteiger partial charge >= 0.3 is 0 Å². The molecule has 0 saturated carbocycles. The maximum atomic E-state index is 5.17. The van der Waals surface area contributed by atoms with E-state index in [1.54, 1.807) is 7.11 Å². The van der Waals surface area contributed by atoms with Crippen LogP contribution in [-0.4, -0.2) is 7.11 Å². The van der Waals surface area contributed by atoms with E-state index in [-0.39, 0.29) is 0 Å². The lowest BCUT2D eigenvalue weighted by atomic mass is 9.89. The van der Waals surface area contributed by atoms with Gasteiger partial charge in [-0.05, 0) is 28.8 Å². The van der Waals surface area contributed by atoms with Gasteiger partial charge in [-0.3, -0.25) is 0 Å². The lowest BCUT2D eigenvalue weighted by Crippen LogP contribution is -1.96. The smallest absolute Gasteiger partial charge is 0.118 e. The molecule has 0 unspecified atom stereocenters. The predicted octanol–water partition coefficient (Wildman–Crippen LogP) is 4.51. The van der Waals surface area contributed by atoms with E-state index < -0.39 is 0 Å². The van der Waals surface area contributed by atoms with Crippen LogP contribution in [0.2, 0.25) is 0 Å². The Bertz CT molecular complexity index is 511. The zero-order valence-corrected chi connectivity index (χ0v) is 10.9. The van der Waals surface area contributed by atoms with Gasteiger partial charge in [-0.15, -0.1) is 0 Å². The second kappa shape index (κ2) is 5.54. The Labute approximate surface area is 109 Å². The molecule has 0 fully saturated rings. The van der Waals surface area contributed by atoms with Crippen molar-refractivity contribution in [1.82, 2.24) is 0 Å². The Kier molecular flexibility index (Phi) is 3.83. The summed E-state index contributed by atoms with van der Waals surface area (Å²) in [4.78, 5) is 0. The van der Waals surface area contributed by atoms with E-state index >= 15 is 0 Å². The highest BCUT2D eigenvalue weighted by atomic mass is 16.5. The first-order valence-electron chi connectivity index (χ1n) is 6.10.